The molecule has 18 heavy (non-hydrogen) atoms. The zero-order valence-corrected chi connectivity index (χ0v) is 11.6. The van der Waals surface area contributed by atoms with Crippen LogP contribution < -0.4 is 5.73 Å². The molecule has 2 N–H and O–H groups in total. The molecular formula is C14H25N3O. The molecule has 1 aliphatic carbocycles. The van der Waals surface area contributed by atoms with Crippen LogP contribution in [0.2, 0.25) is 0 Å². The zero-order chi connectivity index (χ0) is 13.0. The summed E-state index contributed by atoms with van der Waals surface area (Å²) in [5, 5.41) is 4.18. The monoisotopic (exact) mass is 251 g/mol. The van der Waals surface area contributed by atoms with Gasteiger partial charge in [-0.2, -0.15) is 4.98 Å². The van der Waals surface area contributed by atoms with Gasteiger partial charge < -0.3 is 10.3 Å². The van der Waals surface area contributed by atoms with E-state index in [9.17, 15) is 0 Å². The van der Waals surface area contributed by atoms with Crippen LogP contribution in [0.4, 0.5) is 0 Å². The highest BCUT2D eigenvalue weighted by Gasteiger charge is 2.26. The topological polar surface area (TPSA) is 64.9 Å². The molecule has 3 atom stereocenters. The second kappa shape index (κ2) is 6.32. The van der Waals surface area contributed by atoms with Gasteiger partial charge in [-0.05, 0) is 25.2 Å². The number of aromatic nitrogens is 2. The molecule has 4 heteroatoms. The van der Waals surface area contributed by atoms with E-state index in [1.165, 1.54) is 32.1 Å². The van der Waals surface area contributed by atoms with Gasteiger partial charge >= 0.3 is 0 Å². The van der Waals surface area contributed by atoms with E-state index >= 15 is 0 Å². The van der Waals surface area contributed by atoms with Crippen molar-refractivity contribution in [2.45, 2.75) is 64.2 Å². The molecule has 0 spiro atoms. The molecule has 4 nitrogen and oxygen atoms in total. The molecule has 0 aromatic carbocycles. The van der Waals surface area contributed by atoms with Gasteiger partial charge in [0.05, 0.1) is 5.92 Å². The summed E-state index contributed by atoms with van der Waals surface area (Å²) in [6.07, 6.45) is 7.30. The predicted octanol–water partition coefficient (Wildman–Crippen LogP) is 3.21. The molecule has 2 rings (SSSR count). The number of nitrogens with two attached hydrogens (primary N) is 1. The van der Waals surface area contributed by atoms with Gasteiger partial charge in [0.15, 0.2) is 5.82 Å². The summed E-state index contributed by atoms with van der Waals surface area (Å²) in [6, 6.07) is 0. The molecular weight excluding hydrogens is 226 g/mol. The van der Waals surface area contributed by atoms with Crippen LogP contribution in [0, 0.1) is 5.92 Å². The third-order valence-corrected chi connectivity index (χ3v) is 4.31. The summed E-state index contributed by atoms with van der Waals surface area (Å²) in [6.45, 7) is 4.96. The zero-order valence-electron chi connectivity index (χ0n) is 11.6. The minimum Gasteiger partial charge on any atom is -0.339 e. The maximum Gasteiger partial charge on any atom is 0.231 e. The summed E-state index contributed by atoms with van der Waals surface area (Å²) in [5.41, 5.74) is 5.72. The van der Waals surface area contributed by atoms with Gasteiger partial charge in [-0.25, -0.2) is 0 Å². The van der Waals surface area contributed by atoms with Crippen molar-refractivity contribution in [3.05, 3.63) is 11.7 Å². The minimum absolute atomic E-state index is 0.219. The average Bonchev–Trinajstić information content (AvgIpc) is 2.90. The first-order chi connectivity index (χ1) is 8.78. The lowest BCUT2D eigenvalue weighted by molar-refractivity contribution is 0.296. The van der Waals surface area contributed by atoms with Gasteiger partial charge in [0.25, 0.3) is 0 Å². The molecule has 1 aromatic rings. The fourth-order valence-corrected chi connectivity index (χ4v) is 2.92. The van der Waals surface area contributed by atoms with E-state index in [0.29, 0.717) is 12.5 Å². The van der Waals surface area contributed by atoms with Crippen molar-refractivity contribution in [3.63, 3.8) is 0 Å². The Hall–Kier alpha value is -0.900. The van der Waals surface area contributed by atoms with E-state index < -0.39 is 0 Å². The molecule has 0 amide bonds. The van der Waals surface area contributed by atoms with Gasteiger partial charge in [0.1, 0.15) is 0 Å². The van der Waals surface area contributed by atoms with E-state index in [1.54, 1.807) is 0 Å². The molecule has 1 fully saturated rings. The standard InChI is InChI=1S/C14H25N3O/c1-3-10-6-5-7-12(8-10)13-16-14(18-17-13)11(4-2)9-15/h10-12H,3-9,15H2,1-2H3. The normalized spacial score (nSPS) is 26.2. The Morgan fingerprint density at radius 3 is 2.89 bits per heavy atom. The van der Waals surface area contributed by atoms with E-state index in [-0.39, 0.29) is 5.92 Å². The van der Waals surface area contributed by atoms with Gasteiger partial charge in [0, 0.05) is 12.5 Å². The fourth-order valence-electron chi connectivity index (χ4n) is 2.92. The quantitative estimate of drug-likeness (QED) is 0.872. The Labute approximate surface area is 109 Å². The van der Waals surface area contributed by atoms with Crippen molar-refractivity contribution in [3.8, 4) is 0 Å². The second-order valence-electron chi connectivity index (χ2n) is 5.47. The second-order valence-corrected chi connectivity index (χ2v) is 5.47. The Kier molecular flexibility index (Phi) is 4.75. The molecule has 1 heterocycles. The third kappa shape index (κ3) is 2.91. The molecule has 0 aliphatic heterocycles. The van der Waals surface area contributed by atoms with E-state index in [1.807, 2.05) is 0 Å². The van der Waals surface area contributed by atoms with Crippen LogP contribution in [-0.4, -0.2) is 16.7 Å². The summed E-state index contributed by atoms with van der Waals surface area (Å²) in [4.78, 5) is 4.59. The Morgan fingerprint density at radius 1 is 1.39 bits per heavy atom. The molecule has 3 unspecified atom stereocenters. The molecule has 1 aliphatic rings. The Morgan fingerprint density at radius 2 is 2.22 bits per heavy atom. The highest BCUT2D eigenvalue weighted by molar-refractivity contribution is 5.01. The van der Waals surface area contributed by atoms with Crippen molar-refractivity contribution in [1.29, 1.82) is 0 Å². The lowest BCUT2D eigenvalue weighted by Gasteiger charge is -2.26. The average molecular weight is 251 g/mol. The smallest absolute Gasteiger partial charge is 0.231 e. The van der Waals surface area contributed by atoms with Gasteiger partial charge in [-0.15, -0.1) is 0 Å². The summed E-state index contributed by atoms with van der Waals surface area (Å²) < 4.78 is 5.39. The van der Waals surface area contributed by atoms with Crippen LogP contribution in [0.1, 0.15) is 75.9 Å². The molecule has 1 aromatic heterocycles. The summed E-state index contributed by atoms with van der Waals surface area (Å²) in [5.74, 6) is 3.19. The van der Waals surface area contributed by atoms with Gasteiger partial charge in [0.2, 0.25) is 5.89 Å². The SMILES string of the molecule is CCC1CCCC(c2noc(C(CC)CN)n2)C1. The van der Waals surface area contributed by atoms with Gasteiger partial charge in [-0.1, -0.05) is 38.3 Å². The first kappa shape index (κ1) is 13.5. The van der Waals surface area contributed by atoms with E-state index in [4.69, 9.17) is 10.3 Å². The van der Waals surface area contributed by atoms with Crippen molar-refractivity contribution < 1.29 is 4.52 Å². The third-order valence-electron chi connectivity index (χ3n) is 4.31. The molecule has 0 saturated heterocycles. The van der Waals surface area contributed by atoms with Crippen molar-refractivity contribution in [2.24, 2.45) is 11.7 Å². The predicted molar refractivity (Wildman–Crippen MR) is 71.4 cm³/mol. The largest absolute Gasteiger partial charge is 0.339 e. The highest BCUT2D eigenvalue weighted by atomic mass is 16.5. The Bertz CT molecular complexity index is 360. The molecule has 1 saturated carbocycles. The number of hydrogen-bond acceptors (Lipinski definition) is 4. The van der Waals surface area contributed by atoms with E-state index in [2.05, 4.69) is 24.0 Å². The van der Waals surface area contributed by atoms with Crippen LogP contribution in [0.5, 0.6) is 0 Å². The lowest BCUT2D eigenvalue weighted by atomic mass is 9.80. The fraction of sp³-hybridized carbons (Fsp3) is 0.857. The van der Waals surface area contributed by atoms with Crippen molar-refractivity contribution >= 4 is 0 Å². The maximum atomic E-state index is 5.72. The summed E-state index contributed by atoms with van der Waals surface area (Å²) in [7, 11) is 0. The van der Waals surface area contributed by atoms with Gasteiger partial charge in [-0.3, -0.25) is 0 Å². The number of nitrogens with zero attached hydrogens (tertiary/aromatic N) is 2. The molecule has 0 bridgehead atoms. The maximum absolute atomic E-state index is 5.72. The summed E-state index contributed by atoms with van der Waals surface area (Å²) >= 11 is 0. The van der Waals surface area contributed by atoms with Crippen LogP contribution in [0.15, 0.2) is 4.52 Å². The first-order valence-electron chi connectivity index (χ1n) is 7.32. The minimum atomic E-state index is 0.219. The highest BCUT2D eigenvalue weighted by Crippen LogP contribution is 2.36. The van der Waals surface area contributed by atoms with Crippen molar-refractivity contribution in [2.75, 3.05) is 6.54 Å². The Balaban J connectivity index is 2.05. The van der Waals surface area contributed by atoms with Crippen molar-refractivity contribution in [1.82, 2.24) is 10.1 Å². The lowest BCUT2D eigenvalue weighted by Crippen LogP contribution is -2.15. The molecule has 0 radical (unpaired) electrons. The van der Waals surface area contributed by atoms with Crippen LogP contribution in [-0.2, 0) is 0 Å². The van der Waals surface area contributed by atoms with Crippen LogP contribution in [0.25, 0.3) is 0 Å². The van der Waals surface area contributed by atoms with Crippen LogP contribution >= 0.6 is 0 Å². The number of rotatable bonds is 5. The first-order valence-corrected chi connectivity index (χ1v) is 7.32. The number of hydrogen-bond donors (Lipinski definition) is 1. The molecule has 102 valence electrons. The van der Waals surface area contributed by atoms with E-state index in [0.717, 1.165) is 24.1 Å². The van der Waals surface area contributed by atoms with Crippen LogP contribution in [0.3, 0.4) is 0 Å².